The predicted octanol–water partition coefficient (Wildman–Crippen LogP) is 2.12. The summed E-state index contributed by atoms with van der Waals surface area (Å²) >= 11 is 0. The van der Waals surface area contributed by atoms with Crippen LogP contribution >= 0.6 is 0 Å². The zero-order valence-corrected chi connectivity index (χ0v) is 15.3. The minimum Gasteiger partial charge on any atom is -0.321 e. The second-order valence-corrected chi connectivity index (χ2v) is 7.53. The summed E-state index contributed by atoms with van der Waals surface area (Å²) in [6.45, 7) is -0.684. The first-order chi connectivity index (χ1) is 12.9. The number of anilines is 3. The van der Waals surface area contributed by atoms with E-state index < -0.39 is 16.7 Å². The summed E-state index contributed by atoms with van der Waals surface area (Å²) in [5.74, 6) is 0.277. The number of nitrogens with zero attached hydrogens (tertiary/aromatic N) is 5. The summed E-state index contributed by atoms with van der Waals surface area (Å²) in [5.41, 5.74) is 2.07. The SMILES string of the molecule is Cn1cc(Nc2nccc(-c3ccc(NS(=O)(=O)CCCF)nc3)n2)cn1. The van der Waals surface area contributed by atoms with Gasteiger partial charge >= 0.3 is 0 Å². The molecule has 0 aliphatic heterocycles. The van der Waals surface area contributed by atoms with Crippen molar-refractivity contribution in [1.82, 2.24) is 24.7 Å². The van der Waals surface area contributed by atoms with Gasteiger partial charge in [0, 0.05) is 31.2 Å². The number of halogens is 1. The Morgan fingerprint density at radius 1 is 1.19 bits per heavy atom. The molecule has 0 spiro atoms. The standard InChI is InChI=1S/C16H18FN7O2S/c1-24-11-13(10-20-24)21-16-18-7-5-14(22-16)12-3-4-15(19-9-12)23-27(25,26)8-2-6-17/h3-5,7,9-11H,2,6,8H2,1H3,(H,19,23)(H,18,21,22). The number of hydrogen-bond acceptors (Lipinski definition) is 7. The van der Waals surface area contributed by atoms with Crippen molar-refractivity contribution in [2.24, 2.45) is 7.05 Å². The molecule has 0 bridgehead atoms. The molecule has 0 unspecified atom stereocenters. The van der Waals surface area contributed by atoms with Crippen molar-refractivity contribution in [3.8, 4) is 11.3 Å². The van der Waals surface area contributed by atoms with Crippen molar-refractivity contribution in [2.45, 2.75) is 6.42 Å². The summed E-state index contributed by atoms with van der Waals surface area (Å²) < 4.78 is 39.7. The monoisotopic (exact) mass is 391 g/mol. The lowest BCUT2D eigenvalue weighted by atomic mass is 10.2. The van der Waals surface area contributed by atoms with Crippen LogP contribution in [0, 0.1) is 0 Å². The summed E-state index contributed by atoms with van der Waals surface area (Å²) in [6, 6.07) is 4.94. The largest absolute Gasteiger partial charge is 0.321 e. The Morgan fingerprint density at radius 2 is 2.04 bits per heavy atom. The first-order valence-corrected chi connectivity index (χ1v) is 9.72. The van der Waals surface area contributed by atoms with Crippen molar-refractivity contribution >= 4 is 27.5 Å². The van der Waals surface area contributed by atoms with Crippen LogP contribution in [0.1, 0.15) is 6.42 Å². The Hall–Kier alpha value is -3.08. The number of aromatic nitrogens is 5. The van der Waals surface area contributed by atoms with Crippen LogP contribution in [0.15, 0.2) is 43.0 Å². The molecule has 11 heteroatoms. The maximum absolute atomic E-state index is 12.1. The maximum atomic E-state index is 12.1. The van der Waals surface area contributed by atoms with Gasteiger partial charge in [0.15, 0.2) is 0 Å². The van der Waals surface area contributed by atoms with E-state index >= 15 is 0 Å². The van der Waals surface area contributed by atoms with E-state index in [0.29, 0.717) is 17.2 Å². The van der Waals surface area contributed by atoms with E-state index in [4.69, 9.17) is 0 Å². The lowest BCUT2D eigenvalue weighted by Gasteiger charge is -2.08. The molecule has 27 heavy (non-hydrogen) atoms. The normalized spacial score (nSPS) is 11.3. The van der Waals surface area contributed by atoms with Crippen molar-refractivity contribution < 1.29 is 12.8 Å². The number of alkyl halides is 1. The molecule has 0 fully saturated rings. The Balaban J connectivity index is 1.72. The molecular formula is C16H18FN7O2S. The molecule has 142 valence electrons. The zero-order valence-electron chi connectivity index (χ0n) is 14.5. The summed E-state index contributed by atoms with van der Waals surface area (Å²) in [6.07, 6.45) is 6.50. The van der Waals surface area contributed by atoms with Crippen molar-refractivity contribution in [3.05, 3.63) is 43.0 Å². The van der Waals surface area contributed by atoms with Crippen LogP contribution in [0.2, 0.25) is 0 Å². The molecule has 2 N–H and O–H groups in total. The minimum atomic E-state index is -3.61. The van der Waals surface area contributed by atoms with Crippen LogP contribution in [0.3, 0.4) is 0 Å². The molecule has 0 atom stereocenters. The van der Waals surface area contributed by atoms with Crippen LogP contribution in [0.5, 0.6) is 0 Å². The van der Waals surface area contributed by atoms with Gasteiger partial charge < -0.3 is 5.32 Å². The van der Waals surface area contributed by atoms with Crippen molar-refractivity contribution in [3.63, 3.8) is 0 Å². The topological polar surface area (TPSA) is 115 Å². The molecule has 3 heterocycles. The lowest BCUT2D eigenvalue weighted by Crippen LogP contribution is -2.17. The van der Waals surface area contributed by atoms with Crippen LogP contribution in [0.25, 0.3) is 11.3 Å². The van der Waals surface area contributed by atoms with Gasteiger partial charge in [0.1, 0.15) is 5.82 Å². The number of sulfonamides is 1. The van der Waals surface area contributed by atoms with Crippen molar-refractivity contribution in [1.29, 1.82) is 0 Å². The predicted molar refractivity (Wildman–Crippen MR) is 99.8 cm³/mol. The van der Waals surface area contributed by atoms with Gasteiger partial charge in [-0.25, -0.2) is 23.4 Å². The summed E-state index contributed by atoms with van der Waals surface area (Å²) in [4.78, 5) is 12.7. The molecular weight excluding hydrogens is 373 g/mol. The van der Waals surface area contributed by atoms with Gasteiger partial charge in [0.25, 0.3) is 0 Å². The molecule has 9 nitrogen and oxygen atoms in total. The first-order valence-electron chi connectivity index (χ1n) is 8.07. The van der Waals surface area contributed by atoms with Crippen LogP contribution in [-0.4, -0.2) is 45.6 Å². The Bertz CT molecular complexity index is 1010. The van der Waals surface area contributed by atoms with Crippen LogP contribution in [0.4, 0.5) is 21.8 Å². The number of rotatable bonds is 8. The Labute approximate surface area is 155 Å². The molecule has 0 aliphatic carbocycles. The van der Waals surface area contributed by atoms with E-state index in [0.717, 1.165) is 5.69 Å². The average Bonchev–Trinajstić information content (AvgIpc) is 3.05. The number of hydrogen-bond donors (Lipinski definition) is 2. The summed E-state index contributed by atoms with van der Waals surface area (Å²) in [5, 5.41) is 7.11. The third kappa shape index (κ3) is 5.20. The fourth-order valence-corrected chi connectivity index (χ4v) is 3.29. The van der Waals surface area contributed by atoms with Gasteiger partial charge in [-0.3, -0.25) is 13.8 Å². The van der Waals surface area contributed by atoms with Gasteiger partial charge in [-0.15, -0.1) is 0 Å². The van der Waals surface area contributed by atoms with Crippen molar-refractivity contribution in [2.75, 3.05) is 22.5 Å². The maximum Gasteiger partial charge on any atom is 0.233 e. The molecule has 0 aliphatic rings. The highest BCUT2D eigenvalue weighted by Crippen LogP contribution is 2.20. The second-order valence-electron chi connectivity index (χ2n) is 5.69. The van der Waals surface area contributed by atoms with E-state index in [1.165, 1.54) is 12.3 Å². The first kappa shape index (κ1) is 18.7. The highest BCUT2D eigenvalue weighted by molar-refractivity contribution is 7.92. The van der Waals surface area contributed by atoms with Gasteiger partial charge in [0.2, 0.25) is 16.0 Å². The fraction of sp³-hybridized carbons (Fsp3) is 0.250. The van der Waals surface area contributed by atoms with E-state index in [1.54, 1.807) is 35.4 Å². The van der Waals surface area contributed by atoms with Crippen LogP contribution in [-0.2, 0) is 17.1 Å². The van der Waals surface area contributed by atoms with Gasteiger partial charge in [-0.2, -0.15) is 5.10 Å². The molecule has 3 aromatic rings. The summed E-state index contributed by atoms with van der Waals surface area (Å²) in [7, 11) is -1.80. The number of nitrogens with one attached hydrogen (secondary N) is 2. The van der Waals surface area contributed by atoms with Gasteiger partial charge in [0.05, 0.1) is 30.0 Å². The minimum absolute atomic E-state index is 0.0545. The molecule has 3 rings (SSSR count). The van der Waals surface area contributed by atoms with E-state index in [2.05, 4.69) is 30.1 Å². The Kier molecular flexibility index (Phi) is 5.60. The second kappa shape index (κ2) is 8.08. The van der Waals surface area contributed by atoms with Gasteiger partial charge in [-0.1, -0.05) is 0 Å². The van der Waals surface area contributed by atoms with E-state index in [-0.39, 0.29) is 18.0 Å². The smallest absolute Gasteiger partial charge is 0.233 e. The molecule has 0 aromatic carbocycles. The van der Waals surface area contributed by atoms with E-state index in [9.17, 15) is 12.8 Å². The quantitative estimate of drug-likeness (QED) is 0.604. The number of aryl methyl sites for hydroxylation is 1. The lowest BCUT2D eigenvalue weighted by molar-refractivity contribution is 0.484. The molecule has 3 aromatic heterocycles. The molecule has 0 radical (unpaired) electrons. The third-order valence-corrected chi connectivity index (χ3v) is 4.83. The average molecular weight is 391 g/mol. The third-order valence-electron chi connectivity index (χ3n) is 3.48. The van der Waals surface area contributed by atoms with Crippen LogP contribution < -0.4 is 10.0 Å². The zero-order chi connectivity index (χ0) is 19.3. The molecule has 0 saturated carbocycles. The Morgan fingerprint density at radius 3 is 2.70 bits per heavy atom. The van der Waals surface area contributed by atoms with Gasteiger partial charge in [-0.05, 0) is 24.6 Å². The highest BCUT2D eigenvalue weighted by atomic mass is 32.2. The number of pyridine rings is 1. The van der Waals surface area contributed by atoms with E-state index in [1.807, 2.05) is 7.05 Å². The molecule has 0 amide bonds. The molecule has 0 saturated heterocycles. The highest BCUT2D eigenvalue weighted by Gasteiger charge is 2.11. The fourth-order valence-electron chi connectivity index (χ4n) is 2.26.